The van der Waals surface area contributed by atoms with Crippen molar-refractivity contribution in [1.82, 2.24) is 10.2 Å². The highest BCUT2D eigenvalue weighted by Crippen LogP contribution is 2.45. The molecule has 2 aliphatic heterocycles. The van der Waals surface area contributed by atoms with Crippen LogP contribution in [-0.2, 0) is 5.41 Å². The van der Waals surface area contributed by atoms with E-state index in [0.29, 0.717) is 5.69 Å². The van der Waals surface area contributed by atoms with E-state index in [-0.39, 0.29) is 5.41 Å². The van der Waals surface area contributed by atoms with Gasteiger partial charge in [0.05, 0.1) is 6.61 Å². The van der Waals surface area contributed by atoms with Gasteiger partial charge in [0.25, 0.3) is 0 Å². The Morgan fingerprint density at radius 3 is 2.64 bits per heavy atom. The van der Waals surface area contributed by atoms with E-state index in [4.69, 9.17) is 10.00 Å². The Kier molecular flexibility index (Phi) is 2.97. The van der Waals surface area contributed by atoms with Gasteiger partial charge >= 0.3 is 0 Å². The van der Waals surface area contributed by atoms with Crippen molar-refractivity contribution in [3.8, 4) is 11.8 Å². The van der Waals surface area contributed by atoms with Gasteiger partial charge in [0.2, 0.25) is 0 Å². The van der Waals surface area contributed by atoms with E-state index in [0.717, 1.165) is 44.1 Å². The first-order chi connectivity index (χ1) is 10.8. The van der Waals surface area contributed by atoms with Gasteiger partial charge in [-0.05, 0) is 31.0 Å². The number of rotatable bonds is 1. The summed E-state index contributed by atoms with van der Waals surface area (Å²) in [4.78, 5) is 2.24. The second kappa shape index (κ2) is 4.99. The summed E-state index contributed by atoms with van der Waals surface area (Å²) >= 11 is 0. The van der Waals surface area contributed by atoms with Crippen LogP contribution >= 0.6 is 0 Å². The van der Waals surface area contributed by atoms with E-state index in [9.17, 15) is 0 Å². The van der Waals surface area contributed by atoms with Crippen LogP contribution in [0.3, 0.4) is 0 Å². The normalized spacial score (nSPS) is 18.6. The van der Waals surface area contributed by atoms with Gasteiger partial charge in [-0.25, -0.2) is 0 Å². The second-order valence-corrected chi connectivity index (χ2v) is 5.94. The van der Waals surface area contributed by atoms with Crippen molar-refractivity contribution in [2.75, 3.05) is 24.6 Å². The third-order valence-electron chi connectivity index (χ3n) is 4.77. The molecular formula is C17H16N4O. The smallest absolute Gasteiger partial charge is 0.163 e. The van der Waals surface area contributed by atoms with Crippen LogP contribution in [0.4, 0.5) is 5.82 Å². The first kappa shape index (κ1) is 13.1. The molecule has 1 aromatic heterocycles. The Balaban J connectivity index is 1.52. The minimum Gasteiger partial charge on any atom is -0.492 e. The average molecular weight is 292 g/mol. The zero-order valence-electron chi connectivity index (χ0n) is 12.2. The van der Waals surface area contributed by atoms with Gasteiger partial charge in [0.1, 0.15) is 11.8 Å². The molecule has 5 nitrogen and oxygen atoms in total. The molecule has 0 radical (unpaired) electrons. The van der Waals surface area contributed by atoms with E-state index in [1.165, 1.54) is 5.56 Å². The lowest BCUT2D eigenvalue weighted by molar-refractivity contribution is 0.230. The van der Waals surface area contributed by atoms with E-state index < -0.39 is 0 Å². The van der Waals surface area contributed by atoms with E-state index in [1.807, 2.05) is 18.2 Å². The summed E-state index contributed by atoms with van der Waals surface area (Å²) in [6.07, 6.45) is 2.09. The zero-order valence-corrected chi connectivity index (χ0v) is 12.2. The number of nitrogens with zero attached hydrogens (tertiary/aromatic N) is 4. The summed E-state index contributed by atoms with van der Waals surface area (Å²) in [5.41, 5.74) is 1.85. The number of para-hydroxylation sites is 1. The first-order valence-corrected chi connectivity index (χ1v) is 7.52. The number of ether oxygens (including phenoxy) is 1. The maximum absolute atomic E-state index is 8.79. The molecule has 2 aliphatic rings. The highest BCUT2D eigenvalue weighted by Gasteiger charge is 2.43. The molecule has 0 aliphatic carbocycles. The Morgan fingerprint density at radius 2 is 1.91 bits per heavy atom. The lowest BCUT2D eigenvalue weighted by atomic mass is 9.74. The molecule has 0 amide bonds. The summed E-state index contributed by atoms with van der Waals surface area (Å²) in [5.74, 6) is 1.88. The highest BCUT2D eigenvalue weighted by molar-refractivity contribution is 5.46. The molecule has 3 heterocycles. The lowest BCUT2D eigenvalue weighted by Gasteiger charge is -2.38. The summed E-state index contributed by atoms with van der Waals surface area (Å²) in [5, 5.41) is 16.9. The van der Waals surface area contributed by atoms with Crippen LogP contribution in [0.2, 0.25) is 0 Å². The zero-order chi connectivity index (χ0) is 15.0. The van der Waals surface area contributed by atoms with E-state index in [1.54, 1.807) is 6.07 Å². The van der Waals surface area contributed by atoms with Crippen molar-refractivity contribution < 1.29 is 4.74 Å². The van der Waals surface area contributed by atoms with Crippen LogP contribution in [0.25, 0.3) is 0 Å². The summed E-state index contributed by atoms with van der Waals surface area (Å²) < 4.78 is 5.88. The fourth-order valence-corrected chi connectivity index (χ4v) is 3.46. The van der Waals surface area contributed by atoms with Gasteiger partial charge in [0, 0.05) is 24.1 Å². The molecule has 4 rings (SSSR count). The van der Waals surface area contributed by atoms with E-state index >= 15 is 0 Å². The minimum atomic E-state index is 0.146. The van der Waals surface area contributed by atoms with Crippen LogP contribution in [0.15, 0.2) is 36.4 Å². The minimum absolute atomic E-state index is 0.146. The lowest BCUT2D eigenvalue weighted by Crippen LogP contribution is -2.44. The number of hydrogen-bond donors (Lipinski definition) is 0. The molecule has 1 spiro atoms. The Bertz CT molecular complexity index is 727. The molecular weight excluding hydrogens is 276 g/mol. The summed E-state index contributed by atoms with van der Waals surface area (Å²) in [6, 6.07) is 14.0. The monoisotopic (exact) mass is 292 g/mol. The number of hydrogen-bond acceptors (Lipinski definition) is 5. The van der Waals surface area contributed by atoms with Crippen LogP contribution in [-0.4, -0.2) is 29.9 Å². The number of fused-ring (bicyclic) bond motifs is 2. The van der Waals surface area contributed by atoms with Gasteiger partial charge < -0.3 is 9.64 Å². The van der Waals surface area contributed by atoms with Gasteiger partial charge in [-0.1, -0.05) is 18.2 Å². The molecule has 0 N–H and O–H groups in total. The summed E-state index contributed by atoms with van der Waals surface area (Å²) in [7, 11) is 0. The number of benzene rings is 1. The SMILES string of the molecule is N#Cc1ccc(N2CCC3(CC2)COc2ccccc23)nn1. The van der Waals surface area contributed by atoms with Crippen LogP contribution in [0.1, 0.15) is 24.1 Å². The molecule has 0 unspecified atom stereocenters. The van der Waals surface area contributed by atoms with Crippen LogP contribution in [0, 0.1) is 11.3 Å². The molecule has 110 valence electrons. The molecule has 5 heteroatoms. The third kappa shape index (κ3) is 2.00. The maximum Gasteiger partial charge on any atom is 0.163 e. The third-order valence-corrected chi connectivity index (χ3v) is 4.77. The summed E-state index contributed by atoms with van der Waals surface area (Å²) in [6.45, 7) is 2.63. The maximum atomic E-state index is 8.79. The molecule has 1 saturated heterocycles. The van der Waals surface area contributed by atoms with Crippen molar-refractivity contribution >= 4 is 5.82 Å². The van der Waals surface area contributed by atoms with Gasteiger partial charge in [-0.15, -0.1) is 10.2 Å². The number of nitriles is 1. The van der Waals surface area contributed by atoms with Gasteiger partial charge in [-0.3, -0.25) is 0 Å². The van der Waals surface area contributed by atoms with Crippen molar-refractivity contribution in [2.45, 2.75) is 18.3 Å². The highest BCUT2D eigenvalue weighted by atomic mass is 16.5. The van der Waals surface area contributed by atoms with Crippen molar-refractivity contribution in [2.24, 2.45) is 0 Å². The standard InChI is InChI=1S/C17H16N4O/c18-11-13-5-6-16(20-19-13)21-9-7-17(8-10-21)12-22-15-4-2-1-3-14(15)17/h1-6H,7-10,12H2. The van der Waals surface area contributed by atoms with E-state index in [2.05, 4.69) is 33.3 Å². The number of anilines is 1. The number of piperidine rings is 1. The average Bonchev–Trinajstić information content (AvgIpc) is 2.95. The molecule has 1 fully saturated rings. The second-order valence-electron chi connectivity index (χ2n) is 5.94. The molecule has 0 bridgehead atoms. The molecule has 2 aromatic rings. The molecule has 1 aromatic carbocycles. The largest absolute Gasteiger partial charge is 0.492 e. The molecule has 22 heavy (non-hydrogen) atoms. The Morgan fingerprint density at radius 1 is 1.09 bits per heavy atom. The van der Waals surface area contributed by atoms with Gasteiger partial charge in [0.15, 0.2) is 11.5 Å². The predicted octanol–water partition coefficient (Wildman–Crippen LogP) is 2.28. The fraction of sp³-hybridized carbons (Fsp3) is 0.353. The van der Waals surface area contributed by atoms with Crippen molar-refractivity contribution in [3.63, 3.8) is 0 Å². The van der Waals surface area contributed by atoms with Gasteiger partial charge in [-0.2, -0.15) is 5.26 Å². The Labute approximate surface area is 129 Å². The van der Waals surface area contributed by atoms with Crippen LogP contribution in [0.5, 0.6) is 5.75 Å². The topological polar surface area (TPSA) is 62.0 Å². The molecule has 0 saturated carbocycles. The Hall–Kier alpha value is -2.61. The number of aromatic nitrogens is 2. The van der Waals surface area contributed by atoms with Crippen LogP contribution < -0.4 is 9.64 Å². The first-order valence-electron chi connectivity index (χ1n) is 7.52. The van der Waals surface area contributed by atoms with Crippen molar-refractivity contribution in [1.29, 1.82) is 5.26 Å². The molecule has 0 atom stereocenters. The quantitative estimate of drug-likeness (QED) is 0.807. The fourth-order valence-electron chi connectivity index (χ4n) is 3.46. The van der Waals surface area contributed by atoms with Crippen molar-refractivity contribution in [3.05, 3.63) is 47.7 Å². The predicted molar refractivity (Wildman–Crippen MR) is 81.8 cm³/mol.